The molecule has 19 heavy (non-hydrogen) atoms. The molecular formula is C16H23ClFN. The van der Waals surface area contributed by atoms with Crippen molar-refractivity contribution in [2.75, 3.05) is 6.54 Å². The monoisotopic (exact) mass is 283 g/mol. The van der Waals surface area contributed by atoms with E-state index < -0.39 is 0 Å². The molecule has 1 nitrogen and oxygen atoms in total. The Balaban J connectivity index is 2.60. The molecule has 1 unspecified atom stereocenters. The second-order valence-corrected chi connectivity index (χ2v) is 5.14. The van der Waals surface area contributed by atoms with Crippen molar-refractivity contribution in [1.29, 1.82) is 0 Å². The summed E-state index contributed by atoms with van der Waals surface area (Å²) in [6, 6.07) is 4.81. The maximum absolute atomic E-state index is 13.9. The second-order valence-electron chi connectivity index (χ2n) is 4.70. The Morgan fingerprint density at radius 2 is 2.16 bits per heavy atom. The molecule has 1 aromatic rings. The predicted molar refractivity (Wildman–Crippen MR) is 81.1 cm³/mol. The normalized spacial score (nSPS) is 12.4. The minimum absolute atomic E-state index is 0.0485. The smallest absolute Gasteiger partial charge is 0.128 e. The standard InChI is InChI=1S/C16H23ClFN/c1-3-5-6-7-8-9-16(19-4-2)14-12-13(17)10-11-15(14)18/h3,10-12,16,19H,1,4-9H2,2H3. The average molecular weight is 284 g/mol. The van der Waals surface area contributed by atoms with E-state index >= 15 is 0 Å². The number of benzene rings is 1. The Kier molecular flexibility index (Phi) is 7.76. The van der Waals surface area contributed by atoms with Crippen molar-refractivity contribution < 1.29 is 4.39 Å². The van der Waals surface area contributed by atoms with Crippen molar-refractivity contribution in [3.63, 3.8) is 0 Å². The highest BCUT2D eigenvalue weighted by molar-refractivity contribution is 6.30. The van der Waals surface area contributed by atoms with Gasteiger partial charge in [0, 0.05) is 16.6 Å². The fourth-order valence-corrected chi connectivity index (χ4v) is 2.39. The Labute approximate surface area is 120 Å². The van der Waals surface area contributed by atoms with E-state index in [0.29, 0.717) is 10.6 Å². The third-order valence-corrected chi connectivity index (χ3v) is 3.42. The molecule has 0 aliphatic carbocycles. The molecule has 0 spiro atoms. The summed E-state index contributed by atoms with van der Waals surface area (Å²) < 4.78 is 13.9. The van der Waals surface area contributed by atoms with Crippen LogP contribution in [-0.4, -0.2) is 6.54 Å². The molecule has 0 fully saturated rings. The number of nitrogens with one attached hydrogen (secondary N) is 1. The fourth-order valence-electron chi connectivity index (χ4n) is 2.21. The molecule has 0 aliphatic rings. The summed E-state index contributed by atoms with van der Waals surface area (Å²) >= 11 is 5.96. The van der Waals surface area contributed by atoms with Crippen LogP contribution in [0.15, 0.2) is 30.9 Å². The van der Waals surface area contributed by atoms with Crippen molar-refractivity contribution in [2.24, 2.45) is 0 Å². The maximum Gasteiger partial charge on any atom is 0.128 e. The Morgan fingerprint density at radius 1 is 1.37 bits per heavy atom. The summed E-state index contributed by atoms with van der Waals surface area (Å²) in [7, 11) is 0. The van der Waals surface area contributed by atoms with Gasteiger partial charge in [-0.25, -0.2) is 4.39 Å². The third-order valence-electron chi connectivity index (χ3n) is 3.19. The number of unbranched alkanes of at least 4 members (excludes halogenated alkanes) is 3. The molecule has 0 amide bonds. The van der Waals surface area contributed by atoms with Crippen molar-refractivity contribution in [3.8, 4) is 0 Å². The maximum atomic E-state index is 13.9. The summed E-state index contributed by atoms with van der Waals surface area (Å²) in [6.45, 7) is 6.57. The van der Waals surface area contributed by atoms with Gasteiger partial charge in [0.25, 0.3) is 0 Å². The number of hydrogen-bond donors (Lipinski definition) is 1. The quantitative estimate of drug-likeness (QED) is 0.481. The topological polar surface area (TPSA) is 12.0 Å². The Bertz CT molecular complexity index is 392. The van der Waals surface area contributed by atoms with Gasteiger partial charge in [-0.05, 0) is 44.0 Å². The molecule has 1 N–H and O–H groups in total. The zero-order chi connectivity index (χ0) is 14.1. The molecule has 1 atom stereocenters. The van der Waals surface area contributed by atoms with Crippen molar-refractivity contribution >= 4 is 11.6 Å². The zero-order valence-electron chi connectivity index (χ0n) is 11.6. The van der Waals surface area contributed by atoms with Gasteiger partial charge < -0.3 is 5.32 Å². The SMILES string of the molecule is C=CCCCCCC(NCC)c1cc(Cl)ccc1F. The van der Waals surface area contributed by atoms with Gasteiger partial charge in [-0.1, -0.05) is 37.4 Å². The Hall–Kier alpha value is -0.860. The van der Waals surface area contributed by atoms with Crippen LogP contribution in [0.5, 0.6) is 0 Å². The van der Waals surface area contributed by atoms with Crippen LogP contribution >= 0.6 is 11.6 Å². The van der Waals surface area contributed by atoms with Crippen molar-refractivity contribution in [1.82, 2.24) is 5.32 Å². The zero-order valence-corrected chi connectivity index (χ0v) is 12.3. The van der Waals surface area contributed by atoms with E-state index in [-0.39, 0.29) is 11.9 Å². The van der Waals surface area contributed by atoms with E-state index in [1.54, 1.807) is 12.1 Å². The van der Waals surface area contributed by atoms with Crippen LogP contribution in [0.25, 0.3) is 0 Å². The lowest BCUT2D eigenvalue weighted by Crippen LogP contribution is -2.22. The second kappa shape index (κ2) is 9.11. The first-order valence-electron chi connectivity index (χ1n) is 6.98. The summed E-state index contributed by atoms with van der Waals surface area (Å²) in [5, 5.41) is 3.93. The molecule has 0 radical (unpaired) electrons. The van der Waals surface area contributed by atoms with Crippen LogP contribution in [0.2, 0.25) is 5.02 Å². The molecule has 3 heteroatoms. The molecule has 0 aromatic heterocycles. The molecule has 0 heterocycles. The molecule has 0 saturated heterocycles. The minimum Gasteiger partial charge on any atom is -0.310 e. The highest BCUT2D eigenvalue weighted by Crippen LogP contribution is 2.25. The first-order chi connectivity index (χ1) is 9.19. The van der Waals surface area contributed by atoms with Crippen molar-refractivity contribution in [2.45, 2.75) is 45.1 Å². The first-order valence-corrected chi connectivity index (χ1v) is 7.36. The average Bonchev–Trinajstić information content (AvgIpc) is 2.40. The van der Waals surface area contributed by atoms with Gasteiger partial charge in [0.05, 0.1) is 0 Å². The van der Waals surface area contributed by atoms with Gasteiger partial charge >= 0.3 is 0 Å². The summed E-state index contributed by atoms with van der Waals surface area (Å²) in [6.07, 6.45) is 7.31. The minimum atomic E-state index is -0.179. The summed E-state index contributed by atoms with van der Waals surface area (Å²) in [4.78, 5) is 0. The summed E-state index contributed by atoms with van der Waals surface area (Å²) in [5.74, 6) is -0.179. The van der Waals surface area contributed by atoms with Crippen LogP contribution in [0.1, 0.15) is 50.6 Å². The van der Waals surface area contributed by atoms with E-state index in [1.807, 2.05) is 13.0 Å². The van der Waals surface area contributed by atoms with Crippen molar-refractivity contribution in [3.05, 3.63) is 47.3 Å². The van der Waals surface area contributed by atoms with Crippen LogP contribution in [-0.2, 0) is 0 Å². The van der Waals surface area contributed by atoms with Crippen LogP contribution in [0.4, 0.5) is 4.39 Å². The first kappa shape index (κ1) is 16.2. The van der Waals surface area contributed by atoms with Crippen LogP contribution in [0.3, 0.4) is 0 Å². The molecule has 0 aliphatic heterocycles. The lowest BCUT2D eigenvalue weighted by Gasteiger charge is -2.19. The van der Waals surface area contributed by atoms with Crippen LogP contribution < -0.4 is 5.32 Å². The van der Waals surface area contributed by atoms with Gasteiger partial charge in [0.1, 0.15) is 5.82 Å². The van der Waals surface area contributed by atoms with E-state index in [9.17, 15) is 4.39 Å². The van der Waals surface area contributed by atoms with Gasteiger partial charge in [-0.2, -0.15) is 0 Å². The van der Waals surface area contributed by atoms with E-state index in [0.717, 1.165) is 38.6 Å². The number of rotatable bonds is 9. The largest absolute Gasteiger partial charge is 0.310 e. The fraction of sp³-hybridized carbons (Fsp3) is 0.500. The Morgan fingerprint density at radius 3 is 2.84 bits per heavy atom. The van der Waals surface area contributed by atoms with E-state index in [4.69, 9.17) is 11.6 Å². The lowest BCUT2D eigenvalue weighted by molar-refractivity contribution is 0.462. The third kappa shape index (κ3) is 5.75. The molecule has 106 valence electrons. The lowest BCUT2D eigenvalue weighted by atomic mass is 9.99. The molecule has 0 bridgehead atoms. The number of halogens is 2. The van der Waals surface area contributed by atoms with Crippen LogP contribution in [0, 0.1) is 5.82 Å². The highest BCUT2D eigenvalue weighted by atomic mass is 35.5. The summed E-state index contributed by atoms with van der Waals surface area (Å²) in [5.41, 5.74) is 0.679. The molecular weight excluding hydrogens is 261 g/mol. The van der Waals surface area contributed by atoms with Gasteiger partial charge in [0.15, 0.2) is 0 Å². The van der Waals surface area contributed by atoms with Gasteiger partial charge in [0.2, 0.25) is 0 Å². The molecule has 0 saturated carbocycles. The van der Waals surface area contributed by atoms with Gasteiger partial charge in [-0.3, -0.25) is 0 Å². The molecule has 1 rings (SSSR count). The van der Waals surface area contributed by atoms with E-state index in [1.165, 1.54) is 6.07 Å². The predicted octanol–water partition coefficient (Wildman–Crippen LogP) is 5.27. The van der Waals surface area contributed by atoms with E-state index in [2.05, 4.69) is 11.9 Å². The number of hydrogen-bond acceptors (Lipinski definition) is 1. The number of allylic oxidation sites excluding steroid dienone is 1. The van der Waals surface area contributed by atoms with Gasteiger partial charge in [-0.15, -0.1) is 6.58 Å². The molecule has 1 aromatic carbocycles. The highest BCUT2D eigenvalue weighted by Gasteiger charge is 2.14.